The van der Waals surface area contributed by atoms with Gasteiger partial charge in [-0.05, 0) is 61.1 Å². The third kappa shape index (κ3) is 5.28. The zero-order valence-corrected chi connectivity index (χ0v) is 18.9. The summed E-state index contributed by atoms with van der Waals surface area (Å²) in [5.74, 6) is 0.697. The van der Waals surface area contributed by atoms with Gasteiger partial charge in [0.25, 0.3) is 5.91 Å². The van der Waals surface area contributed by atoms with Crippen molar-refractivity contribution in [2.24, 2.45) is 5.92 Å². The summed E-state index contributed by atoms with van der Waals surface area (Å²) in [7, 11) is -3.26. The van der Waals surface area contributed by atoms with Crippen molar-refractivity contribution in [1.82, 2.24) is 10.2 Å². The van der Waals surface area contributed by atoms with Crippen molar-refractivity contribution in [2.75, 3.05) is 29.7 Å². The average molecular weight is 442 g/mol. The molecule has 31 heavy (non-hydrogen) atoms. The van der Waals surface area contributed by atoms with Crippen LogP contribution in [0.3, 0.4) is 0 Å². The quantitative estimate of drug-likeness (QED) is 0.746. The molecule has 166 valence electrons. The lowest BCUT2D eigenvalue weighted by Crippen LogP contribution is -2.34. The summed E-state index contributed by atoms with van der Waals surface area (Å²) < 4.78 is 25.8. The van der Waals surface area contributed by atoms with Gasteiger partial charge in [-0.15, -0.1) is 0 Å². The Labute approximate surface area is 185 Å². The number of carbonyl (C=O) groups excluding carboxylic acids is 1. The molecular formula is C24H31N3O3S. The first-order chi connectivity index (χ1) is 14.9. The number of rotatable bonds is 6. The lowest BCUT2D eigenvalue weighted by atomic mass is 9.99. The SMILES string of the molecule is CC1CCCN(Cc2ccccc2CNC(=O)c2cccc(N3CCCS3(=O)=O)c2)C1. The Kier molecular flexibility index (Phi) is 6.62. The highest BCUT2D eigenvalue weighted by Gasteiger charge is 2.28. The van der Waals surface area contributed by atoms with Gasteiger partial charge in [-0.1, -0.05) is 37.3 Å². The molecule has 2 aliphatic heterocycles. The van der Waals surface area contributed by atoms with E-state index in [-0.39, 0.29) is 11.7 Å². The molecule has 6 nitrogen and oxygen atoms in total. The summed E-state index contributed by atoms with van der Waals surface area (Å²) >= 11 is 0. The number of carbonyl (C=O) groups is 1. The van der Waals surface area contributed by atoms with E-state index in [9.17, 15) is 13.2 Å². The predicted molar refractivity (Wildman–Crippen MR) is 123 cm³/mol. The molecule has 0 aromatic heterocycles. The molecule has 7 heteroatoms. The van der Waals surface area contributed by atoms with E-state index < -0.39 is 10.0 Å². The van der Waals surface area contributed by atoms with E-state index in [1.54, 1.807) is 24.3 Å². The van der Waals surface area contributed by atoms with Crippen molar-refractivity contribution in [3.05, 3.63) is 65.2 Å². The number of hydrogen-bond acceptors (Lipinski definition) is 4. The minimum Gasteiger partial charge on any atom is -0.348 e. The number of hydrogen-bond donors (Lipinski definition) is 1. The lowest BCUT2D eigenvalue weighted by Gasteiger charge is -2.31. The summed E-state index contributed by atoms with van der Waals surface area (Å²) in [6.07, 6.45) is 3.15. The number of anilines is 1. The van der Waals surface area contributed by atoms with Crippen LogP contribution in [0.4, 0.5) is 5.69 Å². The van der Waals surface area contributed by atoms with Crippen LogP contribution in [0, 0.1) is 5.92 Å². The van der Waals surface area contributed by atoms with E-state index in [0.29, 0.717) is 30.8 Å². The first-order valence-electron chi connectivity index (χ1n) is 11.1. The summed E-state index contributed by atoms with van der Waals surface area (Å²) in [4.78, 5) is 15.3. The Hall–Kier alpha value is -2.38. The second-order valence-corrected chi connectivity index (χ2v) is 10.7. The largest absolute Gasteiger partial charge is 0.348 e. The maximum absolute atomic E-state index is 12.8. The fourth-order valence-corrected chi connectivity index (χ4v) is 6.12. The first-order valence-corrected chi connectivity index (χ1v) is 12.7. The Morgan fingerprint density at radius 3 is 2.61 bits per heavy atom. The van der Waals surface area contributed by atoms with Gasteiger partial charge in [0.1, 0.15) is 0 Å². The fraction of sp³-hybridized carbons (Fsp3) is 0.458. The molecule has 0 spiro atoms. The standard InChI is InChI=1S/C24H31N3O3S/c1-19-7-5-12-26(17-19)18-22-9-3-2-8-21(22)16-25-24(28)20-10-4-11-23(15-20)27-13-6-14-31(27,29)30/h2-4,8-11,15,19H,5-7,12-14,16-18H2,1H3,(H,25,28). The number of sulfonamides is 1. The third-order valence-electron chi connectivity index (χ3n) is 6.19. The number of amides is 1. The second kappa shape index (κ2) is 9.40. The summed E-state index contributed by atoms with van der Waals surface area (Å²) in [5, 5.41) is 3.01. The van der Waals surface area contributed by atoms with Gasteiger partial charge in [0, 0.05) is 31.7 Å². The Bertz CT molecular complexity index is 1040. The molecule has 1 amide bonds. The minimum atomic E-state index is -3.26. The molecular weight excluding hydrogens is 410 g/mol. The molecule has 2 heterocycles. The van der Waals surface area contributed by atoms with Crippen molar-refractivity contribution in [3.8, 4) is 0 Å². The minimum absolute atomic E-state index is 0.163. The molecule has 2 aromatic rings. The normalized spacial score (nSPS) is 21.2. The fourth-order valence-electron chi connectivity index (χ4n) is 4.56. The van der Waals surface area contributed by atoms with Gasteiger partial charge in [0.2, 0.25) is 10.0 Å². The molecule has 0 saturated carbocycles. The van der Waals surface area contributed by atoms with Gasteiger partial charge in [-0.25, -0.2) is 8.42 Å². The summed E-state index contributed by atoms with van der Waals surface area (Å²) in [6.45, 7) is 6.36. The van der Waals surface area contributed by atoms with Crippen LogP contribution in [0.5, 0.6) is 0 Å². The number of nitrogens with zero attached hydrogens (tertiary/aromatic N) is 2. The van der Waals surface area contributed by atoms with E-state index in [1.165, 1.54) is 22.7 Å². The van der Waals surface area contributed by atoms with Crippen molar-refractivity contribution in [3.63, 3.8) is 0 Å². The second-order valence-electron chi connectivity index (χ2n) is 8.73. The van der Waals surface area contributed by atoms with Gasteiger partial charge >= 0.3 is 0 Å². The molecule has 1 N–H and O–H groups in total. The number of likely N-dealkylation sites (tertiary alicyclic amines) is 1. The van der Waals surface area contributed by atoms with E-state index in [0.717, 1.165) is 31.1 Å². The molecule has 0 bridgehead atoms. The molecule has 2 aliphatic rings. The van der Waals surface area contributed by atoms with Crippen LogP contribution in [-0.4, -0.2) is 44.6 Å². The number of piperidine rings is 1. The van der Waals surface area contributed by atoms with E-state index in [1.807, 2.05) is 12.1 Å². The molecule has 4 rings (SSSR count). The van der Waals surface area contributed by atoms with Crippen LogP contribution in [0.25, 0.3) is 0 Å². The lowest BCUT2D eigenvalue weighted by molar-refractivity contribution is 0.0950. The number of nitrogens with one attached hydrogen (secondary N) is 1. The topological polar surface area (TPSA) is 69.7 Å². The van der Waals surface area contributed by atoms with Gasteiger partial charge in [-0.2, -0.15) is 0 Å². The predicted octanol–water partition coefficient (Wildman–Crippen LogP) is 3.39. The summed E-state index contributed by atoms with van der Waals surface area (Å²) in [6, 6.07) is 15.1. The average Bonchev–Trinajstić information content (AvgIpc) is 3.12. The first kappa shape index (κ1) is 21.8. The van der Waals surface area contributed by atoms with Crippen molar-refractivity contribution < 1.29 is 13.2 Å². The number of benzene rings is 2. The molecule has 1 unspecified atom stereocenters. The van der Waals surface area contributed by atoms with Gasteiger partial charge in [-0.3, -0.25) is 14.0 Å². The zero-order valence-electron chi connectivity index (χ0n) is 18.1. The molecule has 2 aromatic carbocycles. The highest BCUT2D eigenvalue weighted by molar-refractivity contribution is 7.93. The highest BCUT2D eigenvalue weighted by atomic mass is 32.2. The van der Waals surface area contributed by atoms with Gasteiger partial charge in [0.05, 0.1) is 11.4 Å². The third-order valence-corrected chi connectivity index (χ3v) is 8.06. The van der Waals surface area contributed by atoms with Crippen LogP contribution < -0.4 is 9.62 Å². The van der Waals surface area contributed by atoms with E-state index >= 15 is 0 Å². The van der Waals surface area contributed by atoms with Crippen LogP contribution in [0.15, 0.2) is 48.5 Å². The van der Waals surface area contributed by atoms with E-state index in [2.05, 4.69) is 29.3 Å². The van der Waals surface area contributed by atoms with Crippen LogP contribution >= 0.6 is 0 Å². The van der Waals surface area contributed by atoms with Crippen molar-refractivity contribution in [2.45, 2.75) is 39.3 Å². The van der Waals surface area contributed by atoms with Gasteiger partial charge in [0.15, 0.2) is 0 Å². The van der Waals surface area contributed by atoms with Crippen LogP contribution in [0.2, 0.25) is 0 Å². The molecule has 0 radical (unpaired) electrons. The van der Waals surface area contributed by atoms with Gasteiger partial charge < -0.3 is 5.32 Å². The molecule has 1 atom stereocenters. The molecule has 0 aliphatic carbocycles. The van der Waals surface area contributed by atoms with Crippen molar-refractivity contribution >= 4 is 21.6 Å². The zero-order chi connectivity index (χ0) is 21.8. The maximum Gasteiger partial charge on any atom is 0.251 e. The Morgan fingerprint density at radius 2 is 1.87 bits per heavy atom. The van der Waals surface area contributed by atoms with Crippen molar-refractivity contribution in [1.29, 1.82) is 0 Å². The molecule has 2 fully saturated rings. The maximum atomic E-state index is 12.8. The Morgan fingerprint density at radius 1 is 1.06 bits per heavy atom. The molecule has 2 saturated heterocycles. The smallest absolute Gasteiger partial charge is 0.251 e. The van der Waals surface area contributed by atoms with Crippen LogP contribution in [0.1, 0.15) is 47.7 Å². The van der Waals surface area contributed by atoms with Crippen LogP contribution in [-0.2, 0) is 23.1 Å². The van der Waals surface area contributed by atoms with E-state index in [4.69, 9.17) is 0 Å². The highest BCUT2D eigenvalue weighted by Crippen LogP contribution is 2.25. The monoisotopic (exact) mass is 441 g/mol. The summed E-state index contributed by atoms with van der Waals surface area (Å²) in [5.41, 5.74) is 3.40. The Balaban J connectivity index is 1.42.